The Kier molecular flexibility index (Phi) is 3.77. The molecule has 1 saturated carbocycles. The van der Waals surface area contributed by atoms with Crippen molar-refractivity contribution in [1.29, 1.82) is 0 Å². The van der Waals surface area contributed by atoms with Gasteiger partial charge in [0.05, 0.1) is 4.90 Å². The fourth-order valence-corrected chi connectivity index (χ4v) is 6.22. The summed E-state index contributed by atoms with van der Waals surface area (Å²) in [5.41, 5.74) is -0.744. The summed E-state index contributed by atoms with van der Waals surface area (Å²) in [6, 6.07) is 8.53. The number of benzene rings is 1. The average Bonchev–Trinajstić information content (AvgIpc) is 3.26. The summed E-state index contributed by atoms with van der Waals surface area (Å²) < 4.78 is 27.4. The molecule has 0 unspecified atom stereocenters. The van der Waals surface area contributed by atoms with E-state index >= 15 is 0 Å². The third-order valence-electron chi connectivity index (χ3n) is 6.01. The lowest BCUT2D eigenvalue weighted by Gasteiger charge is -2.27. The zero-order valence-electron chi connectivity index (χ0n) is 14.6. The third kappa shape index (κ3) is 2.29. The van der Waals surface area contributed by atoms with Gasteiger partial charge in [-0.3, -0.25) is 9.79 Å². The molecule has 1 aromatic rings. The maximum atomic E-state index is 12.9. The number of aliphatic imine (C=N–C) groups is 1. The lowest BCUT2D eigenvalue weighted by molar-refractivity contribution is -0.131. The Labute approximate surface area is 148 Å². The maximum Gasteiger partial charge on any atom is 0.255 e. The normalized spacial score (nSPS) is 32.5. The molecule has 25 heavy (non-hydrogen) atoms. The number of rotatable bonds is 3. The monoisotopic (exact) mass is 361 g/mol. The van der Waals surface area contributed by atoms with E-state index in [0.29, 0.717) is 24.4 Å². The van der Waals surface area contributed by atoms with Crippen molar-refractivity contribution < 1.29 is 13.2 Å². The van der Waals surface area contributed by atoms with E-state index in [0.717, 1.165) is 18.7 Å². The average molecular weight is 361 g/mol. The minimum Gasteiger partial charge on any atom is -0.302 e. The number of carbonyl (C=O) groups is 1. The van der Waals surface area contributed by atoms with Crippen LogP contribution in [0.15, 0.2) is 40.2 Å². The number of hydrogen-bond donors (Lipinski definition) is 0. The summed E-state index contributed by atoms with van der Waals surface area (Å²) in [6.45, 7) is 2.86. The van der Waals surface area contributed by atoms with Gasteiger partial charge in [0.2, 0.25) is 10.0 Å². The molecule has 3 aliphatic rings. The van der Waals surface area contributed by atoms with Crippen LogP contribution in [0.25, 0.3) is 0 Å². The number of amidine groups is 1. The van der Waals surface area contributed by atoms with E-state index in [2.05, 4.69) is 0 Å². The van der Waals surface area contributed by atoms with Crippen molar-refractivity contribution in [3.8, 4) is 0 Å². The third-order valence-corrected chi connectivity index (χ3v) is 7.85. The van der Waals surface area contributed by atoms with Gasteiger partial charge in [-0.2, -0.15) is 4.31 Å². The van der Waals surface area contributed by atoms with Gasteiger partial charge in [0.1, 0.15) is 11.4 Å². The highest BCUT2D eigenvalue weighted by molar-refractivity contribution is 7.89. The SMILES string of the molecule is CCC1=N[C@]2(CC[C@H]3CN(S(=O)(=O)c4ccccc4)C[C@H]32)C(=O)N1C. The van der Waals surface area contributed by atoms with E-state index in [4.69, 9.17) is 4.99 Å². The molecule has 2 aliphatic heterocycles. The van der Waals surface area contributed by atoms with Gasteiger partial charge in [0.15, 0.2) is 0 Å². The first-order valence-corrected chi connectivity index (χ1v) is 10.3. The number of nitrogens with zero attached hydrogens (tertiary/aromatic N) is 3. The van der Waals surface area contributed by atoms with Crippen molar-refractivity contribution in [2.24, 2.45) is 16.8 Å². The van der Waals surface area contributed by atoms with Crippen molar-refractivity contribution >= 4 is 21.8 Å². The van der Waals surface area contributed by atoms with Crippen LogP contribution in [-0.2, 0) is 14.8 Å². The quantitative estimate of drug-likeness (QED) is 0.823. The van der Waals surface area contributed by atoms with Crippen LogP contribution < -0.4 is 0 Å². The highest BCUT2D eigenvalue weighted by Gasteiger charge is 2.61. The Bertz CT molecular complexity index is 836. The largest absolute Gasteiger partial charge is 0.302 e. The van der Waals surface area contributed by atoms with E-state index in [1.54, 1.807) is 46.6 Å². The molecule has 0 aromatic heterocycles. The standard InChI is InChI=1S/C18H23N3O3S/c1-3-16-19-18(17(22)20(16)2)10-9-13-11-21(12-15(13)18)25(23,24)14-7-5-4-6-8-14/h4-8,13,15H,3,9-12H2,1-2H3/t13-,15+,18-/m0/s1. The number of amides is 1. The minimum atomic E-state index is -3.52. The number of fused-ring (bicyclic) bond motifs is 2. The van der Waals surface area contributed by atoms with Crippen LogP contribution in [0.2, 0.25) is 0 Å². The molecule has 0 bridgehead atoms. The highest BCUT2D eigenvalue weighted by atomic mass is 32.2. The molecule has 2 heterocycles. The van der Waals surface area contributed by atoms with Gasteiger partial charge in [-0.25, -0.2) is 8.42 Å². The molecule has 6 nitrogen and oxygen atoms in total. The highest BCUT2D eigenvalue weighted by Crippen LogP contribution is 2.51. The Balaban J connectivity index is 1.65. The number of hydrogen-bond acceptors (Lipinski definition) is 4. The van der Waals surface area contributed by atoms with E-state index in [1.807, 2.05) is 6.92 Å². The Hall–Kier alpha value is -1.73. The van der Waals surface area contributed by atoms with Crippen molar-refractivity contribution in [3.05, 3.63) is 30.3 Å². The molecule has 2 fully saturated rings. The molecule has 1 aromatic carbocycles. The van der Waals surface area contributed by atoms with Crippen LogP contribution in [-0.4, -0.2) is 55.0 Å². The predicted octanol–water partition coefficient (Wildman–Crippen LogP) is 1.74. The molecule has 7 heteroatoms. The Morgan fingerprint density at radius 1 is 1.24 bits per heavy atom. The first-order valence-electron chi connectivity index (χ1n) is 8.82. The molecule has 1 amide bonds. The van der Waals surface area contributed by atoms with Crippen molar-refractivity contribution in [3.63, 3.8) is 0 Å². The van der Waals surface area contributed by atoms with Gasteiger partial charge in [0.25, 0.3) is 5.91 Å². The second-order valence-electron chi connectivity index (χ2n) is 7.21. The summed E-state index contributed by atoms with van der Waals surface area (Å²) in [7, 11) is -1.74. The fourth-order valence-electron chi connectivity index (χ4n) is 4.68. The maximum absolute atomic E-state index is 12.9. The van der Waals surface area contributed by atoms with E-state index < -0.39 is 15.6 Å². The Morgan fingerprint density at radius 2 is 1.96 bits per heavy atom. The first-order chi connectivity index (χ1) is 11.9. The van der Waals surface area contributed by atoms with E-state index in [-0.39, 0.29) is 17.7 Å². The second kappa shape index (κ2) is 5.64. The van der Waals surface area contributed by atoms with Crippen LogP contribution in [0.1, 0.15) is 26.2 Å². The number of likely N-dealkylation sites (N-methyl/N-ethyl adjacent to an activating group) is 1. The molecule has 0 radical (unpaired) electrons. The topological polar surface area (TPSA) is 70.0 Å². The van der Waals surface area contributed by atoms with Crippen molar-refractivity contribution in [2.75, 3.05) is 20.1 Å². The van der Waals surface area contributed by atoms with Crippen molar-refractivity contribution in [1.82, 2.24) is 9.21 Å². The van der Waals surface area contributed by atoms with E-state index in [1.165, 1.54) is 0 Å². The van der Waals surface area contributed by atoms with Gasteiger partial charge in [-0.1, -0.05) is 25.1 Å². The molecule has 134 valence electrons. The molecule has 1 spiro atoms. The molecule has 0 N–H and O–H groups in total. The number of sulfonamides is 1. The van der Waals surface area contributed by atoms with E-state index in [9.17, 15) is 13.2 Å². The lowest BCUT2D eigenvalue weighted by Crippen LogP contribution is -2.45. The van der Waals surface area contributed by atoms with Crippen LogP contribution in [0.3, 0.4) is 0 Å². The molecule has 4 rings (SSSR count). The summed E-state index contributed by atoms with van der Waals surface area (Å²) in [5, 5.41) is 0. The smallest absolute Gasteiger partial charge is 0.255 e. The van der Waals surface area contributed by atoms with Crippen LogP contribution in [0.5, 0.6) is 0 Å². The first kappa shape index (κ1) is 16.7. The minimum absolute atomic E-state index is 0.0232. The zero-order chi connectivity index (χ0) is 17.8. The van der Waals surface area contributed by atoms with Gasteiger partial charge >= 0.3 is 0 Å². The summed E-state index contributed by atoms with van der Waals surface area (Å²) in [5.74, 6) is 1.03. The fraction of sp³-hybridized carbons (Fsp3) is 0.556. The van der Waals surface area contributed by atoms with Gasteiger partial charge < -0.3 is 4.90 Å². The van der Waals surface area contributed by atoms with Crippen LogP contribution in [0, 0.1) is 11.8 Å². The van der Waals surface area contributed by atoms with Gasteiger partial charge in [0, 0.05) is 32.5 Å². The predicted molar refractivity (Wildman–Crippen MR) is 94.6 cm³/mol. The van der Waals surface area contributed by atoms with Gasteiger partial charge in [-0.05, 0) is 30.9 Å². The number of carbonyl (C=O) groups excluding carboxylic acids is 1. The molecule has 1 saturated heterocycles. The van der Waals surface area contributed by atoms with Gasteiger partial charge in [-0.15, -0.1) is 0 Å². The summed E-state index contributed by atoms with van der Waals surface area (Å²) in [4.78, 5) is 19.7. The molecule has 3 atom stereocenters. The van der Waals surface area contributed by atoms with Crippen molar-refractivity contribution in [2.45, 2.75) is 36.6 Å². The lowest BCUT2D eigenvalue weighted by atomic mass is 9.85. The zero-order valence-corrected chi connectivity index (χ0v) is 15.4. The van der Waals surface area contributed by atoms with Crippen LogP contribution >= 0.6 is 0 Å². The summed E-state index contributed by atoms with van der Waals surface area (Å²) >= 11 is 0. The Morgan fingerprint density at radius 3 is 2.60 bits per heavy atom. The molecular formula is C18H23N3O3S. The molecular weight excluding hydrogens is 338 g/mol. The molecule has 1 aliphatic carbocycles. The van der Waals surface area contributed by atoms with Crippen LogP contribution in [0.4, 0.5) is 0 Å². The summed E-state index contributed by atoms with van der Waals surface area (Å²) in [6.07, 6.45) is 2.30. The second-order valence-corrected chi connectivity index (χ2v) is 9.15.